The van der Waals surface area contributed by atoms with Crippen molar-refractivity contribution >= 4 is 6.29 Å². The third kappa shape index (κ3) is 7.18. The summed E-state index contributed by atoms with van der Waals surface area (Å²) >= 11 is 0. The van der Waals surface area contributed by atoms with Gasteiger partial charge in [0.1, 0.15) is 6.29 Å². The van der Waals surface area contributed by atoms with Crippen LogP contribution in [0.3, 0.4) is 0 Å². The van der Waals surface area contributed by atoms with Gasteiger partial charge in [0.2, 0.25) is 0 Å². The molecule has 0 aliphatic heterocycles. The first kappa shape index (κ1) is 11.8. The van der Waals surface area contributed by atoms with Crippen molar-refractivity contribution < 1.29 is 15.0 Å². The van der Waals surface area contributed by atoms with Gasteiger partial charge in [-0.3, -0.25) is 0 Å². The fourth-order valence-corrected chi connectivity index (χ4v) is 0.710. The van der Waals surface area contributed by atoms with Crippen LogP contribution >= 0.6 is 0 Å². The highest BCUT2D eigenvalue weighted by molar-refractivity contribution is 5.54. The van der Waals surface area contributed by atoms with Gasteiger partial charge in [-0.2, -0.15) is 0 Å². The van der Waals surface area contributed by atoms with E-state index in [0.29, 0.717) is 6.42 Å². The van der Waals surface area contributed by atoms with Gasteiger partial charge >= 0.3 is 0 Å². The summed E-state index contributed by atoms with van der Waals surface area (Å²) in [4.78, 5) is 9.97. The van der Waals surface area contributed by atoms with Crippen LogP contribution in [0, 0.1) is 0 Å². The highest BCUT2D eigenvalue weighted by Crippen LogP contribution is 1.96. The molecule has 3 nitrogen and oxygen atoms in total. The van der Waals surface area contributed by atoms with Crippen molar-refractivity contribution in [1.82, 2.24) is 0 Å². The molecule has 0 atom stereocenters. The van der Waals surface area contributed by atoms with E-state index in [2.05, 4.69) is 0 Å². The highest BCUT2D eigenvalue weighted by atomic mass is 16.3. The maximum atomic E-state index is 9.97. The molecule has 0 radical (unpaired) electrons. The van der Waals surface area contributed by atoms with Crippen molar-refractivity contribution in [2.24, 2.45) is 0 Å². The summed E-state index contributed by atoms with van der Waals surface area (Å²) in [6, 6.07) is 9.68. The first-order valence-electron chi connectivity index (χ1n) is 4.04. The van der Waals surface area contributed by atoms with Crippen molar-refractivity contribution in [2.75, 3.05) is 13.2 Å². The topological polar surface area (TPSA) is 57.5 Å². The Morgan fingerprint density at radius 3 is 2.00 bits per heavy atom. The van der Waals surface area contributed by atoms with Gasteiger partial charge in [0.25, 0.3) is 0 Å². The molecule has 0 heterocycles. The molecule has 0 fully saturated rings. The molecule has 1 aromatic carbocycles. The molecule has 0 saturated heterocycles. The first-order chi connectivity index (χ1) is 6.35. The molecule has 0 saturated carbocycles. The van der Waals surface area contributed by atoms with Crippen molar-refractivity contribution in [2.45, 2.75) is 6.42 Å². The lowest BCUT2D eigenvalue weighted by Crippen LogP contribution is -1.85. The average molecular weight is 182 g/mol. The van der Waals surface area contributed by atoms with E-state index < -0.39 is 0 Å². The summed E-state index contributed by atoms with van der Waals surface area (Å²) in [7, 11) is 0. The normalized spacial score (nSPS) is 8.46. The number of rotatable bonds is 3. The summed E-state index contributed by atoms with van der Waals surface area (Å²) in [6.45, 7) is -0.250. The second kappa shape index (κ2) is 8.90. The third-order valence-corrected chi connectivity index (χ3v) is 1.26. The molecule has 0 amide bonds. The lowest BCUT2D eigenvalue weighted by molar-refractivity contribution is -0.107. The van der Waals surface area contributed by atoms with E-state index >= 15 is 0 Å². The lowest BCUT2D eigenvalue weighted by Gasteiger charge is -1.89. The Kier molecular flexibility index (Phi) is 8.09. The fourth-order valence-electron chi connectivity index (χ4n) is 0.710. The highest BCUT2D eigenvalue weighted by Gasteiger charge is 1.84. The summed E-state index contributed by atoms with van der Waals surface area (Å²) in [5.41, 5.74) is 1.08. The van der Waals surface area contributed by atoms with Crippen LogP contribution in [-0.2, 0) is 11.2 Å². The Labute approximate surface area is 77.6 Å². The zero-order valence-corrected chi connectivity index (χ0v) is 7.39. The van der Waals surface area contributed by atoms with Gasteiger partial charge in [-0.25, -0.2) is 0 Å². The number of carbonyl (C=O) groups is 1. The molecule has 13 heavy (non-hydrogen) atoms. The van der Waals surface area contributed by atoms with Crippen molar-refractivity contribution in [3.63, 3.8) is 0 Å². The Bertz CT molecular complexity index is 207. The maximum absolute atomic E-state index is 9.97. The minimum Gasteiger partial charge on any atom is -0.394 e. The van der Waals surface area contributed by atoms with Gasteiger partial charge in [-0.05, 0) is 5.56 Å². The largest absolute Gasteiger partial charge is 0.394 e. The molecule has 1 aromatic rings. The van der Waals surface area contributed by atoms with Crippen LogP contribution in [0.25, 0.3) is 0 Å². The second-order valence-electron chi connectivity index (χ2n) is 2.30. The quantitative estimate of drug-likeness (QED) is 0.665. The van der Waals surface area contributed by atoms with Gasteiger partial charge in [-0.1, -0.05) is 30.3 Å². The van der Waals surface area contributed by atoms with Crippen LogP contribution in [0.4, 0.5) is 0 Å². The van der Waals surface area contributed by atoms with Gasteiger partial charge in [0, 0.05) is 6.42 Å². The van der Waals surface area contributed by atoms with E-state index in [4.69, 9.17) is 10.2 Å². The van der Waals surface area contributed by atoms with Crippen LogP contribution < -0.4 is 0 Å². The van der Waals surface area contributed by atoms with Gasteiger partial charge < -0.3 is 15.0 Å². The fraction of sp³-hybridized carbons (Fsp3) is 0.300. The second-order valence-corrected chi connectivity index (χ2v) is 2.30. The average Bonchev–Trinajstić information content (AvgIpc) is 2.20. The molecule has 0 aromatic heterocycles. The molecule has 0 spiro atoms. The number of aliphatic hydroxyl groups excluding tert-OH is 2. The molecular weight excluding hydrogens is 168 g/mol. The van der Waals surface area contributed by atoms with Gasteiger partial charge in [-0.15, -0.1) is 0 Å². The molecule has 1 rings (SSSR count). The first-order valence-corrected chi connectivity index (χ1v) is 4.04. The maximum Gasteiger partial charge on any atom is 0.124 e. The monoisotopic (exact) mass is 182 g/mol. The number of aliphatic hydroxyl groups is 2. The molecule has 2 N–H and O–H groups in total. The van der Waals surface area contributed by atoms with Crippen LogP contribution in [0.2, 0.25) is 0 Å². The van der Waals surface area contributed by atoms with Crippen molar-refractivity contribution in [3.8, 4) is 0 Å². The van der Waals surface area contributed by atoms with Crippen LogP contribution in [0.5, 0.6) is 0 Å². The van der Waals surface area contributed by atoms with E-state index in [1.54, 1.807) is 0 Å². The van der Waals surface area contributed by atoms with E-state index in [-0.39, 0.29) is 13.2 Å². The Hall–Kier alpha value is -1.19. The molecule has 3 heteroatoms. The minimum atomic E-state index is -0.125. The standard InChI is InChI=1S/C8H8O.C2H6O2/c9-7-6-8-4-2-1-3-5-8;3-1-2-4/h1-5,7H,6H2;3-4H,1-2H2. The summed E-state index contributed by atoms with van der Waals surface area (Å²) in [6.07, 6.45) is 1.44. The van der Waals surface area contributed by atoms with Crippen LogP contribution in [-0.4, -0.2) is 29.7 Å². The SMILES string of the molecule is O=CCc1ccccc1.OCCO. The van der Waals surface area contributed by atoms with Gasteiger partial charge in [0.15, 0.2) is 0 Å². The summed E-state index contributed by atoms with van der Waals surface area (Å²) in [5.74, 6) is 0. The minimum absolute atomic E-state index is 0.125. The smallest absolute Gasteiger partial charge is 0.124 e. The zero-order chi connectivity index (χ0) is 9.94. The molecule has 0 aliphatic rings. The number of aldehydes is 1. The van der Waals surface area contributed by atoms with Crippen molar-refractivity contribution in [3.05, 3.63) is 35.9 Å². The number of hydrogen-bond acceptors (Lipinski definition) is 3. The predicted molar refractivity (Wildman–Crippen MR) is 50.4 cm³/mol. The molecular formula is C10H14O3. The molecule has 72 valence electrons. The molecule has 0 bridgehead atoms. The number of benzene rings is 1. The zero-order valence-electron chi connectivity index (χ0n) is 7.39. The Balaban J connectivity index is 0.000000310. The van der Waals surface area contributed by atoms with Crippen LogP contribution in [0.15, 0.2) is 30.3 Å². The molecule has 0 unspecified atom stereocenters. The summed E-state index contributed by atoms with van der Waals surface area (Å²) < 4.78 is 0. The van der Waals surface area contributed by atoms with Gasteiger partial charge in [0.05, 0.1) is 13.2 Å². The number of hydrogen-bond donors (Lipinski definition) is 2. The van der Waals surface area contributed by atoms with Crippen molar-refractivity contribution in [1.29, 1.82) is 0 Å². The third-order valence-electron chi connectivity index (χ3n) is 1.26. The van der Waals surface area contributed by atoms with Crippen LogP contribution in [0.1, 0.15) is 5.56 Å². The Morgan fingerprint density at radius 1 is 1.08 bits per heavy atom. The van der Waals surface area contributed by atoms with E-state index in [0.717, 1.165) is 11.8 Å². The molecule has 0 aliphatic carbocycles. The predicted octanol–water partition coefficient (Wildman–Crippen LogP) is 0.399. The lowest BCUT2D eigenvalue weighted by atomic mass is 10.2. The van der Waals surface area contributed by atoms with E-state index in [1.165, 1.54) is 0 Å². The Morgan fingerprint density at radius 2 is 1.62 bits per heavy atom. The summed E-state index contributed by atoms with van der Waals surface area (Å²) in [5, 5.41) is 15.2. The van der Waals surface area contributed by atoms with E-state index in [1.807, 2.05) is 30.3 Å². The number of carbonyl (C=O) groups excluding carboxylic acids is 1. The van der Waals surface area contributed by atoms with E-state index in [9.17, 15) is 4.79 Å².